The largest absolute Gasteiger partial charge is 0.391 e. The second-order valence-electron chi connectivity index (χ2n) is 4.57. The van der Waals surface area contributed by atoms with Crippen molar-refractivity contribution in [2.24, 2.45) is 5.92 Å². The van der Waals surface area contributed by atoms with E-state index >= 15 is 0 Å². The number of anilines is 1. The van der Waals surface area contributed by atoms with Crippen molar-refractivity contribution in [1.82, 2.24) is 15.2 Å². The van der Waals surface area contributed by atoms with Crippen molar-refractivity contribution < 1.29 is 5.11 Å². The van der Waals surface area contributed by atoms with Gasteiger partial charge in [0.05, 0.1) is 17.5 Å². The SMILES string of the molecule is CCc1nnc(NCC(O)C(C)CC)nc1CC. The van der Waals surface area contributed by atoms with E-state index in [-0.39, 0.29) is 12.0 Å². The Labute approximate surface area is 109 Å². The third-order valence-corrected chi connectivity index (χ3v) is 3.28. The molecular weight excluding hydrogens is 228 g/mol. The van der Waals surface area contributed by atoms with Crippen LogP contribution in [0.1, 0.15) is 45.5 Å². The van der Waals surface area contributed by atoms with Gasteiger partial charge in [-0.1, -0.05) is 34.1 Å². The molecule has 1 aromatic rings. The molecule has 5 nitrogen and oxygen atoms in total. The molecule has 0 aliphatic rings. The number of nitrogens with zero attached hydrogens (tertiary/aromatic N) is 3. The van der Waals surface area contributed by atoms with Crippen LogP contribution in [0.15, 0.2) is 0 Å². The van der Waals surface area contributed by atoms with E-state index < -0.39 is 0 Å². The predicted octanol–water partition coefficient (Wildman–Crippen LogP) is 1.82. The second-order valence-corrected chi connectivity index (χ2v) is 4.57. The van der Waals surface area contributed by atoms with Crippen molar-refractivity contribution in [2.75, 3.05) is 11.9 Å². The molecule has 0 amide bonds. The number of nitrogens with one attached hydrogen (secondary N) is 1. The molecule has 0 aliphatic heterocycles. The van der Waals surface area contributed by atoms with E-state index in [2.05, 4.69) is 34.3 Å². The summed E-state index contributed by atoms with van der Waals surface area (Å²) in [6.45, 7) is 8.66. The van der Waals surface area contributed by atoms with Gasteiger partial charge in [0.2, 0.25) is 5.95 Å². The van der Waals surface area contributed by atoms with E-state index in [0.717, 1.165) is 30.7 Å². The van der Waals surface area contributed by atoms with Crippen molar-refractivity contribution in [3.8, 4) is 0 Å². The Bertz CT molecular complexity index is 370. The lowest BCUT2D eigenvalue weighted by Gasteiger charge is -2.17. The molecule has 0 saturated carbocycles. The minimum absolute atomic E-state index is 0.269. The van der Waals surface area contributed by atoms with Gasteiger partial charge in [0.1, 0.15) is 0 Å². The number of hydrogen-bond donors (Lipinski definition) is 2. The fourth-order valence-corrected chi connectivity index (χ4v) is 1.68. The van der Waals surface area contributed by atoms with Gasteiger partial charge < -0.3 is 10.4 Å². The summed E-state index contributed by atoms with van der Waals surface area (Å²) in [6.07, 6.45) is 2.27. The summed E-state index contributed by atoms with van der Waals surface area (Å²) in [5.74, 6) is 0.775. The summed E-state index contributed by atoms with van der Waals surface area (Å²) in [5.41, 5.74) is 1.93. The maximum absolute atomic E-state index is 9.87. The third-order valence-electron chi connectivity index (χ3n) is 3.28. The number of aryl methyl sites for hydroxylation is 2. The Morgan fingerprint density at radius 2 is 1.78 bits per heavy atom. The van der Waals surface area contributed by atoms with Crippen LogP contribution < -0.4 is 5.32 Å². The Morgan fingerprint density at radius 3 is 2.33 bits per heavy atom. The predicted molar refractivity (Wildman–Crippen MR) is 72.5 cm³/mol. The van der Waals surface area contributed by atoms with Crippen molar-refractivity contribution >= 4 is 5.95 Å². The van der Waals surface area contributed by atoms with Crippen molar-refractivity contribution in [3.63, 3.8) is 0 Å². The molecule has 0 radical (unpaired) electrons. The number of aliphatic hydroxyl groups is 1. The first-order valence-corrected chi connectivity index (χ1v) is 6.76. The molecule has 1 heterocycles. The fraction of sp³-hybridized carbons (Fsp3) is 0.769. The summed E-state index contributed by atoms with van der Waals surface area (Å²) in [7, 11) is 0. The van der Waals surface area contributed by atoms with Gasteiger partial charge in [-0.05, 0) is 18.8 Å². The molecule has 0 saturated heterocycles. The zero-order valence-electron chi connectivity index (χ0n) is 11.8. The number of aliphatic hydroxyl groups excluding tert-OH is 1. The van der Waals surface area contributed by atoms with Crippen LogP contribution >= 0.6 is 0 Å². The summed E-state index contributed by atoms with van der Waals surface area (Å²) < 4.78 is 0. The lowest BCUT2D eigenvalue weighted by molar-refractivity contribution is 0.126. The van der Waals surface area contributed by atoms with E-state index in [0.29, 0.717) is 12.5 Å². The standard InChI is InChI=1S/C13H24N4O/c1-5-9(4)12(18)8-14-13-15-10(6-2)11(7-3)16-17-13/h9,12,18H,5-8H2,1-4H3,(H,14,15,17). The minimum atomic E-state index is -0.380. The molecule has 2 N–H and O–H groups in total. The first-order valence-electron chi connectivity index (χ1n) is 6.76. The van der Waals surface area contributed by atoms with Crippen LogP contribution in [-0.2, 0) is 12.8 Å². The first-order chi connectivity index (χ1) is 8.62. The maximum Gasteiger partial charge on any atom is 0.243 e. The molecule has 0 bridgehead atoms. The van der Waals surface area contributed by atoms with E-state index in [1.54, 1.807) is 0 Å². The highest BCUT2D eigenvalue weighted by Gasteiger charge is 2.13. The fourth-order valence-electron chi connectivity index (χ4n) is 1.68. The first kappa shape index (κ1) is 14.8. The molecule has 18 heavy (non-hydrogen) atoms. The van der Waals surface area contributed by atoms with Gasteiger partial charge in [-0.25, -0.2) is 4.98 Å². The third kappa shape index (κ3) is 3.91. The number of hydrogen-bond acceptors (Lipinski definition) is 5. The quantitative estimate of drug-likeness (QED) is 0.774. The van der Waals surface area contributed by atoms with E-state index in [1.165, 1.54) is 0 Å². The van der Waals surface area contributed by atoms with Gasteiger partial charge in [-0.3, -0.25) is 0 Å². The van der Waals surface area contributed by atoms with Gasteiger partial charge in [0.25, 0.3) is 0 Å². The van der Waals surface area contributed by atoms with Crippen LogP contribution in [0, 0.1) is 5.92 Å². The van der Waals surface area contributed by atoms with Gasteiger partial charge in [0, 0.05) is 6.54 Å². The van der Waals surface area contributed by atoms with E-state index in [4.69, 9.17) is 0 Å². The summed E-state index contributed by atoms with van der Waals surface area (Å²) in [6, 6.07) is 0. The lowest BCUT2D eigenvalue weighted by atomic mass is 10.0. The monoisotopic (exact) mass is 252 g/mol. The molecule has 2 atom stereocenters. The lowest BCUT2D eigenvalue weighted by Crippen LogP contribution is -2.27. The van der Waals surface area contributed by atoms with Crippen LogP contribution in [-0.4, -0.2) is 32.9 Å². The molecule has 5 heteroatoms. The van der Waals surface area contributed by atoms with E-state index in [1.807, 2.05) is 13.8 Å². The molecule has 1 rings (SSSR count). The number of aromatic nitrogens is 3. The van der Waals surface area contributed by atoms with Crippen LogP contribution in [0.25, 0.3) is 0 Å². The Balaban J connectivity index is 2.63. The van der Waals surface area contributed by atoms with Gasteiger partial charge in [-0.2, -0.15) is 5.10 Å². The van der Waals surface area contributed by atoms with Gasteiger partial charge >= 0.3 is 0 Å². The molecule has 2 unspecified atom stereocenters. The van der Waals surface area contributed by atoms with Crippen LogP contribution in [0.5, 0.6) is 0 Å². The molecule has 0 spiro atoms. The Kier molecular flexibility index (Phi) is 5.98. The zero-order valence-corrected chi connectivity index (χ0v) is 11.8. The maximum atomic E-state index is 9.87. The van der Waals surface area contributed by atoms with Crippen LogP contribution in [0.4, 0.5) is 5.95 Å². The van der Waals surface area contributed by atoms with Crippen molar-refractivity contribution in [2.45, 2.75) is 53.1 Å². The normalized spacial score (nSPS) is 14.3. The minimum Gasteiger partial charge on any atom is -0.391 e. The highest BCUT2D eigenvalue weighted by Crippen LogP contribution is 2.09. The van der Waals surface area contributed by atoms with Gasteiger partial charge in [-0.15, -0.1) is 5.10 Å². The van der Waals surface area contributed by atoms with Gasteiger partial charge in [0.15, 0.2) is 0 Å². The molecule has 102 valence electrons. The van der Waals surface area contributed by atoms with Crippen molar-refractivity contribution in [1.29, 1.82) is 0 Å². The molecule has 0 fully saturated rings. The molecule has 0 aliphatic carbocycles. The smallest absolute Gasteiger partial charge is 0.243 e. The summed E-state index contributed by atoms with van der Waals surface area (Å²) in [4.78, 5) is 4.42. The summed E-state index contributed by atoms with van der Waals surface area (Å²) in [5, 5.41) is 21.1. The van der Waals surface area contributed by atoms with Crippen LogP contribution in [0.3, 0.4) is 0 Å². The highest BCUT2D eigenvalue weighted by molar-refractivity contribution is 5.25. The van der Waals surface area contributed by atoms with E-state index in [9.17, 15) is 5.11 Å². The zero-order chi connectivity index (χ0) is 13.5. The Hall–Kier alpha value is -1.23. The highest BCUT2D eigenvalue weighted by atomic mass is 16.3. The molecular formula is C13H24N4O. The van der Waals surface area contributed by atoms with Crippen molar-refractivity contribution in [3.05, 3.63) is 11.4 Å². The molecule has 0 aromatic carbocycles. The average molecular weight is 252 g/mol. The van der Waals surface area contributed by atoms with Crippen LogP contribution in [0.2, 0.25) is 0 Å². The topological polar surface area (TPSA) is 70.9 Å². The molecule has 1 aromatic heterocycles. The number of rotatable bonds is 7. The average Bonchev–Trinajstić information content (AvgIpc) is 2.43. The Morgan fingerprint density at radius 1 is 1.11 bits per heavy atom. The second kappa shape index (κ2) is 7.26. The summed E-state index contributed by atoms with van der Waals surface area (Å²) >= 11 is 0.